The quantitative estimate of drug-likeness (QED) is 0.192. The minimum absolute atomic E-state index is 0.0399. The molecule has 0 aromatic carbocycles. The van der Waals surface area contributed by atoms with E-state index in [1.807, 2.05) is 0 Å². The number of hydrogen-bond donors (Lipinski definition) is 0. The van der Waals surface area contributed by atoms with Gasteiger partial charge < -0.3 is 9.16 Å². The van der Waals surface area contributed by atoms with Crippen molar-refractivity contribution in [1.82, 2.24) is 9.13 Å². The van der Waals surface area contributed by atoms with Crippen molar-refractivity contribution in [2.45, 2.75) is 77.2 Å². The minimum Gasteiger partial charge on any atom is -0.414 e. The normalized spacial score (nSPS) is 22.5. The molecule has 9 nitrogen and oxygen atoms in total. The Morgan fingerprint density at radius 2 is 2.07 bits per heavy atom. The first-order valence-electron chi connectivity index (χ1n) is 9.65. The fourth-order valence-electron chi connectivity index (χ4n) is 2.98. The van der Waals surface area contributed by atoms with Gasteiger partial charge in [-0.15, -0.1) is 0 Å². The van der Waals surface area contributed by atoms with Crippen LogP contribution in [-0.2, 0) is 15.7 Å². The van der Waals surface area contributed by atoms with Gasteiger partial charge in [0.25, 0.3) is 5.56 Å². The number of nitrogens with zero attached hydrogens (tertiary/aromatic N) is 5. The van der Waals surface area contributed by atoms with Crippen LogP contribution in [0.4, 0.5) is 0 Å². The molecule has 1 aliphatic heterocycles. The average molecular weight is 488 g/mol. The minimum atomic E-state index is -2.01. The monoisotopic (exact) mass is 487 g/mol. The van der Waals surface area contributed by atoms with E-state index in [1.54, 1.807) is 6.92 Å². The third-order valence-electron chi connectivity index (χ3n) is 5.80. The zero-order valence-corrected chi connectivity index (χ0v) is 20.5. The maximum atomic E-state index is 12.8. The molecule has 1 saturated heterocycles. The van der Waals surface area contributed by atoms with E-state index in [4.69, 9.17) is 14.7 Å². The summed E-state index contributed by atoms with van der Waals surface area (Å²) < 4.78 is 15.0. The third-order valence-corrected chi connectivity index (χ3v) is 10.7. The predicted molar refractivity (Wildman–Crippen MR) is 118 cm³/mol. The number of hydrogen-bond acceptors (Lipinski definition) is 5. The van der Waals surface area contributed by atoms with Crippen LogP contribution < -0.4 is 11.2 Å². The fourth-order valence-corrected chi connectivity index (χ4v) is 4.35. The maximum Gasteiger partial charge on any atom is 0.333 e. The highest BCUT2D eigenvalue weighted by molar-refractivity contribution is 9.09. The summed E-state index contributed by atoms with van der Waals surface area (Å²) in [5.74, 6) is 0. The zero-order valence-electron chi connectivity index (χ0n) is 17.9. The van der Waals surface area contributed by atoms with Gasteiger partial charge in [-0.1, -0.05) is 41.8 Å². The summed E-state index contributed by atoms with van der Waals surface area (Å²) >= 11 is 3.27. The number of alkyl halides is 1. The highest BCUT2D eigenvalue weighted by Crippen LogP contribution is 2.38. The molecule has 0 bridgehead atoms. The Bertz CT molecular complexity index is 901. The van der Waals surface area contributed by atoms with E-state index in [0.29, 0.717) is 23.9 Å². The van der Waals surface area contributed by atoms with Crippen molar-refractivity contribution in [1.29, 1.82) is 0 Å². The second kappa shape index (κ2) is 9.17. The van der Waals surface area contributed by atoms with Crippen LogP contribution in [0, 0.1) is 6.92 Å². The predicted octanol–water partition coefficient (Wildman–Crippen LogP) is 3.70. The Morgan fingerprint density at radius 1 is 1.41 bits per heavy atom. The highest BCUT2D eigenvalue weighted by Gasteiger charge is 2.41. The number of halogens is 1. The van der Waals surface area contributed by atoms with Gasteiger partial charge in [-0.05, 0) is 30.6 Å². The Labute approximate surface area is 179 Å². The number of ether oxygens (including phenoxy) is 1. The van der Waals surface area contributed by atoms with Crippen molar-refractivity contribution in [2.24, 2.45) is 5.11 Å². The summed E-state index contributed by atoms with van der Waals surface area (Å²) in [4.78, 5) is 28.1. The SMILES string of the molecule is Cc1cn([C@H]2C[C@H](N=[N+]=[N-])[C@@H](CO[Si](C)(C)C(C)(C)C)O2)c(=O)n(CCBr)c1=O. The molecule has 0 radical (unpaired) electrons. The standard InChI is InChI=1S/C18H30BrN5O4Si/c1-12-10-24(17(26)23(8-7-19)16(12)25)15-9-13(21-22-20)14(28-15)11-27-29(5,6)18(2,3)4/h10,13-15H,7-9,11H2,1-6H3/t13-,14+,15+/m0/s1. The van der Waals surface area contributed by atoms with Crippen LogP contribution in [0.5, 0.6) is 0 Å². The van der Waals surface area contributed by atoms with E-state index < -0.39 is 32.4 Å². The van der Waals surface area contributed by atoms with Gasteiger partial charge in [0.2, 0.25) is 0 Å². The lowest BCUT2D eigenvalue weighted by Crippen LogP contribution is -2.44. The molecule has 2 heterocycles. The first kappa shape index (κ1) is 23.9. The summed E-state index contributed by atoms with van der Waals surface area (Å²) in [7, 11) is -2.01. The number of aryl methyl sites for hydroxylation is 1. The Kier molecular flexibility index (Phi) is 7.56. The molecule has 29 heavy (non-hydrogen) atoms. The summed E-state index contributed by atoms with van der Waals surface area (Å²) in [6, 6.07) is -0.446. The van der Waals surface area contributed by atoms with Crippen molar-refractivity contribution in [3.63, 3.8) is 0 Å². The molecule has 1 aliphatic rings. The van der Waals surface area contributed by atoms with E-state index >= 15 is 0 Å². The third kappa shape index (κ3) is 5.21. The Morgan fingerprint density at radius 3 is 2.62 bits per heavy atom. The second-order valence-corrected chi connectivity index (χ2v) is 14.5. The number of azide groups is 1. The molecule has 1 aromatic heterocycles. The molecule has 0 spiro atoms. The zero-order chi connectivity index (χ0) is 22.0. The topological polar surface area (TPSA) is 111 Å². The highest BCUT2D eigenvalue weighted by atomic mass is 79.9. The lowest BCUT2D eigenvalue weighted by Gasteiger charge is -2.37. The average Bonchev–Trinajstić information content (AvgIpc) is 3.02. The van der Waals surface area contributed by atoms with Crippen molar-refractivity contribution >= 4 is 24.2 Å². The maximum absolute atomic E-state index is 12.8. The van der Waals surface area contributed by atoms with Gasteiger partial charge in [-0.2, -0.15) is 0 Å². The van der Waals surface area contributed by atoms with Gasteiger partial charge in [0, 0.05) is 35.0 Å². The lowest BCUT2D eigenvalue weighted by atomic mass is 10.1. The van der Waals surface area contributed by atoms with E-state index in [2.05, 4.69) is 59.8 Å². The summed E-state index contributed by atoms with van der Waals surface area (Å²) in [5.41, 5.74) is 8.67. The van der Waals surface area contributed by atoms with Crippen LogP contribution in [0.15, 0.2) is 20.9 Å². The lowest BCUT2D eigenvalue weighted by molar-refractivity contribution is -0.0252. The molecule has 0 unspecified atom stereocenters. The molecular formula is C18H30BrN5O4Si. The van der Waals surface area contributed by atoms with E-state index in [1.165, 1.54) is 15.3 Å². The van der Waals surface area contributed by atoms with E-state index in [-0.39, 0.29) is 17.1 Å². The molecule has 3 atom stereocenters. The molecule has 162 valence electrons. The van der Waals surface area contributed by atoms with Gasteiger partial charge >= 0.3 is 5.69 Å². The molecule has 0 aliphatic carbocycles. The van der Waals surface area contributed by atoms with E-state index in [9.17, 15) is 9.59 Å². The van der Waals surface area contributed by atoms with Gasteiger partial charge in [0.15, 0.2) is 8.32 Å². The van der Waals surface area contributed by atoms with E-state index in [0.717, 1.165) is 0 Å². The number of aromatic nitrogens is 2. The van der Waals surface area contributed by atoms with Crippen molar-refractivity contribution in [2.75, 3.05) is 11.9 Å². The van der Waals surface area contributed by atoms with Crippen molar-refractivity contribution < 1.29 is 9.16 Å². The molecule has 1 aromatic rings. The van der Waals surface area contributed by atoms with Crippen LogP contribution in [0.25, 0.3) is 10.4 Å². The second-order valence-electron chi connectivity index (χ2n) is 8.86. The smallest absolute Gasteiger partial charge is 0.333 e. The first-order chi connectivity index (χ1) is 13.4. The molecule has 0 amide bonds. The Balaban J connectivity index is 2.31. The molecule has 11 heteroatoms. The van der Waals surface area contributed by atoms with Gasteiger partial charge in [0.05, 0.1) is 18.8 Å². The van der Waals surface area contributed by atoms with Gasteiger partial charge in [0.1, 0.15) is 6.23 Å². The molecule has 2 rings (SSSR count). The largest absolute Gasteiger partial charge is 0.414 e. The van der Waals surface area contributed by atoms with Gasteiger partial charge in [-0.3, -0.25) is 13.9 Å². The van der Waals surface area contributed by atoms with Crippen LogP contribution in [0.2, 0.25) is 18.1 Å². The van der Waals surface area contributed by atoms with Crippen LogP contribution in [-0.4, -0.2) is 41.5 Å². The molecule has 1 fully saturated rings. The first-order valence-corrected chi connectivity index (χ1v) is 13.7. The summed E-state index contributed by atoms with van der Waals surface area (Å²) in [5, 5.41) is 4.40. The summed E-state index contributed by atoms with van der Waals surface area (Å²) in [6.45, 7) is 13.0. The summed E-state index contributed by atoms with van der Waals surface area (Å²) in [6.07, 6.45) is 0.798. The molecule has 0 saturated carbocycles. The van der Waals surface area contributed by atoms with Crippen LogP contribution in [0.1, 0.15) is 39.0 Å². The van der Waals surface area contributed by atoms with Gasteiger partial charge in [-0.25, -0.2) is 4.79 Å². The van der Waals surface area contributed by atoms with Crippen molar-refractivity contribution in [3.05, 3.63) is 43.0 Å². The number of rotatable bonds is 7. The fraction of sp³-hybridized carbons (Fsp3) is 0.778. The molecular weight excluding hydrogens is 458 g/mol. The molecule has 0 N–H and O–H groups in total. The van der Waals surface area contributed by atoms with Crippen LogP contribution in [0.3, 0.4) is 0 Å². The van der Waals surface area contributed by atoms with Crippen LogP contribution >= 0.6 is 15.9 Å². The van der Waals surface area contributed by atoms with Crippen molar-refractivity contribution in [3.8, 4) is 0 Å². The Hall–Kier alpha value is -1.39.